The molecule has 0 atom stereocenters. The Morgan fingerprint density at radius 1 is 1.27 bits per heavy atom. The first kappa shape index (κ1) is 16.6. The van der Waals surface area contributed by atoms with Crippen molar-refractivity contribution in [1.29, 1.82) is 0 Å². The molecule has 0 bridgehead atoms. The number of nitrogens with zero attached hydrogens (tertiary/aromatic N) is 1. The quantitative estimate of drug-likeness (QED) is 0.841. The van der Waals surface area contributed by atoms with Crippen molar-refractivity contribution in [2.75, 3.05) is 18.8 Å². The lowest BCUT2D eigenvalue weighted by Gasteiger charge is -2.38. The summed E-state index contributed by atoms with van der Waals surface area (Å²) in [7, 11) is -3.18. The van der Waals surface area contributed by atoms with Crippen LogP contribution in [-0.4, -0.2) is 49.7 Å². The molecule has 0 saturated carbocycles. The highest BCUT2D eigenvalue weighted by Gasteiger charge is 2.39. The van der Waals surface area contributed by atoms with E-state index in [1.165, 1.54) is 17.0 Å². The number of carbonyl (C=O) groups is 1. The Labute approximate surface area is 125 Å². The van der Waals surface area contributed by atoms with Gasteiger partial charge < -0.3 is 9.64 Å². The van der Waals surface area contributed by atoms with Gasteiger partial charge in [0.15, 0.2) is 9.84 Å². The second kappa shape index (κ2) is 5.79. The minimum atomic E-state index is -4.79. The molecule has 1 aromatic carbocycles. The monoisotopic (exact) mass is 337 g/mol. The number of halogens is 3. The molecule has 1 heterocycles. The maximum atomic E-state index is 12.1. The zero-order valence-electron chi connectivity index (χ0n) is 11.6. The summed E-state index contributed by atoms with van der Waals surface area (Å²) in [5.41, 5.74) is 0.182. The lowest BCUT2D eigenvalue weighted by Crippen LogP contribution is -2.57. The van der Waals surface area contributed by atoms with E-state index in [0.29, 0.717) is 0 Å². The molecule has 5 nitrogen and oxygen atoms in total. The maximum absolute atomic E-state index is 12.1. The largest absolute Gasteiger partial charge is 0.573 e. The van der Waals surface area contributed by atoms with Crippen molar-refractivity contribution in [2.45, 2.75) is 18.5 Å². The van der Waals surface area contributed by atoms with Crippen LogP contribution in [0, 0.1) is 0 Å². The highest BCUT2D eigenvalue weighted by Crippen LogP contribution is 2.24. The van der Waals surface area contributed by atoms with Crippen LogP contribution in [0.25, 0.3) is 0 Å². The Hall–Kier alpha value is -1.77. The third-order valence-electron chi connectivity index (χ3n) is 3.38. The molecule has 0 spiro atoms. The van der Waals surface area contributed by atoms with Crippen molar-refractivity contribution in [1.82, 2.24) is 4.90 Å². The van der Waals surface area contributed by atoms with Crippen molar-refractivity contribution >= 4 is 15.7 Å². The van der Waals surface area contributed by atoms with Crippen LogP contribution in [0.5, 0.6) is 5.75 Å². The number of amides is 1. The molecule has 22 heavy (non-hydrogen) atoms. The zero-order valence-corrected chi connectivity index (χ0v) is 12.4. The van der Waals surface area contributed by atoms with Gasteiger partial charge in [0.2, 0.25) is 0 Å². The number of carbonyl (C=O) groups excluding carboxylic acids is 1. The molecule has 1 saturated heterocycles. The van der Waals surface area contributed by atoms with E-state index in [9.17, 15) is 26.4 Å². The number of likely N-dealkylation sites (tertiary alicyclic amines) is 1. The number of hydrogen-bond donors (Lipinski definition) is 0. The molecule has 1 fully saturated rings. The van der Waals surface area contributed by atoms with Crippen LogP contribution in [-0.2, 0) is 9.84 Å². The van der Waals surface area contributed by atoms with E-state index in [1.807, 2.05) is 0 Å². The van der Waals surface area contributed by atoms with Crippen molar-refractivity contribution in [3.05, 3.63) is 29.8 Å². The summed E-state index contributed by atoms with van der Waals surface area (Å²) in [6, 6.07) is 4.51. The molecule has 1 amide bonds. The van der Waals surface area contributed by atoms with E-state index in [0.717, 1.165) is 12.1 Å². The van der Waals surface area contributed by atoms with E-state index in [1.54, 1.807) is 6.92 Å². The Bertz CT molecular complexity index is 649. The molecule has 1 aromatic rings. The van der Waals surface area contributed by atoms with E-state index >= 15 is 0 Å². The lowest BCUT2D eigenvalue weighted by molar-refractivity contribution is -0.274. The second-order valence-corrected chi connectivity index (χ2v) is 7.43. The SMILES string of the molecule is CCS(=O)(=O)C1CN(C(=O)c2ccc(OC(F)(F)F)cc2)C1. The van der Waals surface area contributed by atoms with Gasteiger partial charge in [-0.2, -0.15) is 0 Å². The molecule has 1 aliphatic heterocycles. The van der Waals surface area contributed by atoms with E-state index in [-0.39, 0.29) is 24.4 Å². The molecular weight excluding hydrogens is 323 g/mol. The van der Waals surface area contributed by atoms with Crippen LogP contribution in [0.2, 0.25) is 0 Å². The van der Waals surface area contributed by atoms with Gasteiger partial charge in [-0.3, -0.25) is 4.79 Å². The van der Waals surface area contributed by atoms with E-state index < -0.39 is 33.1 Å². The van der Waals surface area contributed by atoms with Crippen LogP contribution in [0.1, 0.15) is 17.3 Å². The summed E-state index contributed by atoms with van der Waals surface area (Å²) >= 11 is 0. The van der Waals surface area contributed by atoms with Crippen LogP contribution in [0.4, 0.5) is 13.2 Å². The normalized spacial score (nSPS) is 16.3. The van der Waals surface area contributed by atoms with Gasteiger partial charge in [-0.15, -0.1) is 13.2 Å². The third-order valence-corrected chi connectivity index (χ3v) is 5.50. The highest BCUT2D eigenvalue weighted by molar-refractivity contribution is 7.92. The first-order chi connectivity index (χ1) is 10.1. The Morgan fingerprint density at radius 3 is 2.27 bits per heavy atom. The molecule has 0 radical (unpaired) electrons. The number of hydrogen-bond acceptors (Lipinski definition) is 4. The molecule has 9 heteroatoms. The zero-order chi connectivity index (χ0) is 16.5. The predicted molar refractivity (Wildman–Crippen MR) is 72.3 cm³/mol. The Kier molecular flexibility index (Phi) is 4.37. The molecule has 0 unspecified atom stereocenters. The van der Waals surface area contributed by atoms with Crippen molar-refractivity contribution < 1.29 is 31.1 Å². The first-order valence-corrected chi connectivity index (χ1v) is 8.20. The van der Waals surface area contributed by atoms with Crippen LogP contribution >= 0.6 is 0 Å². The van der Waals surface area contributed by atoms with Gasteiger partial charge in [0, 0.05) is 24.4 Å². The van der Waals surface area contributed by atoms with Crippen molar-refractivity contribution in [2.24, 2.45) is 0 Å². The Morgan fingerprint density at radius 2 is 1.82 bits per heavy atom. The summed E-state index contributed by atoms with van der Waals surface area (Å²) in [4.78, 5) is 13.4. The molecule has 1 aliphatic rings. The predicted octanol–water partition coefficient (Wildman–Crippen LogP) is 1.84. The first-order valence-electron chi connectivity index (χ1n) is 6.49. The van der Waals surface area contributed by atoms with Gasteiger partial charge in [-0.1, -0.05) is 6.92 Å². The summed E-state index contributed by atoms with van der Waals surface area (Å²) in [6.07, 6.45) is -4.79. The molecule has 2 rings (SSSR count). The van der Waals surface area contributed by atoms with Crippen LogP contribution in [0.3, 0.4) is 0 Å². The summed E-state index contributed by atoms with van der Waals surface area (Å²) in [6.45, 7) is 1.75. The minimum absolute atomic E-state index is 0.0170. The number of alkyl halides is 3. The van der Waals surface area contributed by atoms with Gasteiger partial charge in [0.1, 0.15) is 5.75 Å². The van der Waals surface area contributed by atoms with Crippen molar-refractivity contribution in [3.8, 4) is 5.75 Å². The molecule has 0 aromatic heterocycles. The van der Waals surface area contributed by atoms with Gasteiger partial charge in [0.25, 0.3) is 5.91 Å². The number of benzene rings is 1. The topological polar surface area (TPSA) is 63.7 Å². The number of ether oxygens (including phenoxy) is 1. The fourth-order valence-electron chi connectivity index (χ4n) is 2.05. The van der Waals surface area contributed by atoms with Crippen LogP contribution < -0.4 is 4.74 Å². The number of rotatable bonds is 4. The smallest absolute Gasteiger partial charge is 0.406 e. The Balaban J connectivity index is 1.98. The minimum Gasteiger partial charge on any atom is -0.406 e. The van der Waals surface area contributed by atoms with E-state index in [4.69, 9.17) is 0 Å². The summed E-state index contributed by atoms with van der Waals surface area (Å²) in [5, 5.41) is -0.561. The average molecular weight is 337 g/mol. The molecule has 0 N–H and O–H groups in total. The highest BCUT2D eigenvalue weighted by atomic mass is 32.2. The summed E-state index contributed by atoms with van der Waals surface area (Å²) < 4.78 is 63.0. The molecule has 122 valence electrons. The van der Waals surface area contributed by atoms with Gasteiger partial charge in [-0.25, -0.2) is 8.42 Å². The molecule has 0 aliphatic carbocycles. The van der Waals surface area contributed by atoms with E-state index in [2.05, 4.69) is 4.74 Å². The average Bonchev–Trinajstić information content (AvgIpc) is 2.35. The number of sulfone groups is 1. The second-order valence-electron chi connectivity index (χ2n) is 4.86. The van der Waals surface area contributed by atoms with Gasteiger partial charge in [-0.05, 0) is 24.3 Å². The van der Waals surface area contributed by atoms with Crippen molar-refractivity contribution in [3.63, 3.8) is 0 Å². The standard InChI is InChI=1S/C13H14F3NO4S/c1-2-22(19,20)11-7-17(8-11)12(18)9-3-5-10(6-4-9)21-13(14,15)16/h3-6,11H,2,7-8H2,1H3. The van der Waals surface area contributed by atoms with Gasteiger partial charge >= 0.3 is 6.36 Å². The fourth-order valence-corrected chi connectivity index (χ4v) is 3.33. The summed E-state index contributed by atoms with van der Waals surface area (Å²) in [5.74, 6) is -0.816. The lowest BCUT2D eigenvalue weighted by atomic mass is 10.1. The third kappa shape index (κ3) is 3.70. The molecular formula is C13H14F3NO4S. The fraction of sp³-hybridized carbons (Fsp3) is 0.462. The maximum Gasteiger partial charge on any atom is 0.573 e. The van der Waals surface area contributed by atoms with Gasteiger partial charge in [0.05, 0.1) is 5.25 Å². The van der Waals surface area contributed by atoms with Crippen LogP contribution in [0.15, 0.2) is 24.3 Å².